The minimum Gasteiger partial charge on any atom is -0.462 e. The Hall–Kier alpha value is -1.77. The molecule has 0 amide bonds. The summed E-state index contributed by atoms with van der Waals surface area (Å²) in [5, 5.41) is 0. The summed E-state index contributed by atoms with van der Waals surface area (Å²) in [4.78, 5) is 35.3. The standard InChI is InChI=1S/C46H86NO8P/c1-6-8-10-12-14-16-18-20-22-23-25-27-29-31-33-35-37-39-46(49)55-44(43-54-56(50,51)53-41-40-47(3,4)5)42-52-45(48)38-36-34-32-30-28-26-24-21-19-17-15-13-11-9-7-2/h14,16,20,22,32,34,44H,6-13,15,17-19,21,23-31,33,35-43H2,1-5H3/p+1/b16-14+,22-20+,34-32+/t44-/m1/s1. The van der Waals surface area contributed by atoms with Gasteiger partial charge < -0.3 is 18.9 Å². The molecular weight excluding hydrogens is 725 g/mol. The van der Waals surface area contributed by atoms with Crippen molar-refractivity contribution in [2.45, 2.75) is 200 Å². The zero-order chi connectivity index (χ0) is 41.4. The van der Waals surface area contributed by atoms with Crippen LogP contribution in [0, 0.1) is 0 Å². The van der Waals surface area contributed by atoms with Crippen LogP contribution in [0.15, 0.2) is 36.5 Å². The Morgan fingerprint density at radius 3 is 1.54 bits per heavy atom. The second-order valence-electron chi connectivity index (χ2n) is 16.4. The van der Waals surface area contributed by atoms with Crippen LogP contribution < -0.4 is 0 Å². The number of unbranched alkanes of at least 4 members (excludes halogenated alkanes) is 21. The average Bonchev–Trinajstić information content (AvgIpc) is 3.15. The molecule has 0 fully saturated rings. The molecule has 0 saturated carbocycles. The summed E-state index contributed by atoms with van der Waals surface area (Å²) >= 11 is 0. The summed E-state index contributed by atoms with van der Waals surface area (Å²) in [6.07, 6.45) is 43.4. The van der Waals surface area contributed by atoms with Crippen LogP contribution in [-0.4, -0.2) is 74.9 Å². The summed E-state index contributed by atoms with van der Waals surface area (Å²) in [5.41, 5.74) is 0. The second-order valence-corrected chi connectivity index (χ2v) is 17.9. The minimum absolute atomic E-state index is 0.0255. The van der Waals surface area contributed by atoms with Gasteiger partial charge in [0.1, 0.15) is 19.8 Å². The Balaban J connectivity index is 4.39. The van der Waals surface area contributed by atoms with Crippen molar-refractivity contribution >= 4 is 19.8 Å². The van der Waals surface area contributed by atoms with Gasteiger partial charge in [0.2, 0.25) is 0 Å². The van der Waals surface area contributed by atoms with Gasteiger partial charge in [-0.05, 0) is 57.8 Å². The van der Waals surface area contributed by atoms with Crippen LogP contribution in [0.25, 0.3) is 0 Å². The zero-order valence-electron chi connectivity index (χ0n) is 36.9. The van der Waals surface area contributed by atoms with Crippen molar-refractivity contribution in [2.75, 3.05) is 47.5 Å². The summed E-state index contributed by atoms with van der Waals surface area (Å²) in [6.45, 7) is 4.35. The average molecular weight is 813 g/mol. The maximum absolute atomic E-state index is 12.7. The van der Waals surface area contributed by atoms with E-state index in [9.17, 15) is 19.0 Å². The highest BCUT2D eigenvalue weighted by molar-refractivity contribution is 7.47. The van der Waals surface area contributed by atoms with Crippen molar-refractivity contribution in [3.63, 3.8) is 0 Å². The van der Waals surface area contributed by atoms with E-state index in [1.807, 2.05) is 27.2 Å². The summed E-state index contributed by atoms with van der Waals surface area (Å²) in [5.74, 6) is -0.862. The third-order valence-electron chi connectivity index (χ3n) is 9.66. The van der Waals surface area contributed by atoms with Crippen LogP contribution >= 0.6 is 7.82 Å². The summed E-state index contributed by atoms with van der Waals surface area (Å²) < 4.78 is 34.3. The van der Waals surface area contributed by atoms with E-state index in [-0.39, 0.29) is 26.1 Å². The number of esters is 2. The lowest BCUT2D eigenvalue weighted by molar-refractivity contribution is -0.870. The van der Waals surface area contributed by atoms with Gasteiger partial charge in [0.05, 0.1) is 27.7 Å². The quantitative estimate of drug-likeness (QED) is 0.0214. The molecule has 10 heteroatoms. The normalized spacial score (nSPS) is 13.9. The lowest BCUT2D eigenvalue weighted by Gasteiger charge is -2.24. The van der Waals surface area contributed by atoms with E-state index in [1.54, 1.807) is 0 Å². The molecular formula is C46H87NO8P+. The van der Waals surface area contributed by atoms with E-state index in [4.69, 9.17) is 18.5 Å². The number of carbonyl (C=O) groups is 2. The SMILES string of the molecule is CCCCC/C=C/C/C=C/CCCCCCCCCC(=O)O[C@H](COC(=O)CC/C=C/CCCCCCCCCCCCC)COP(=O)(O)OCC[N+](C)(C)C. The number of rotatable bonds is 41. The Kier molecular flexibility index (Phi) is 37.5. The first-order chi connectivity index (χ1) is 27.0. The highest BCUT2D eigenvalue weighted by Crippen LogP contribution is 2.43. The van der Waals surface area contributed by atoms with Gasteiger partial charge in [0, 0.05) is 12.8 Å². The monoisotopic (exact) mass is 813 g/mol. The minimum atomic E-state index is -4.38. The number of carbonyl (C=O) groups excluding carboxylic acids is 2. The predicted molar refractivity (Wildman–Crippen MR) is 234 cm³/mol. The molecule has 0 aliphatic carbocycles. The number of nitrogens with zero attached hydrogens (tertiary/aromatic N) is 1. The van der Waals surface area contributed by atoms with Gasteiger partial charge in [-0.1, -0.05) is 159 Å². The maximum atomic E-state index is 12.7. The molecule has 0 radical (unpaired) electrons. The summed E-state index contributed by atoms with van der Waals surface area (Å²) in [6, 6.07) is 0. The molecule has 0 aromatic carbocycles. The van der Waals surface area contributed by atoms with Crippen LogP contribution in [0.1, 0.15) is 194 Å². The number of phosphoric ester groups is 1. The van der Waals surface area contributed by atoms with E-state index < -0.39 is 32.5 Å². The third-order valence-corrected chi connectivity index (χ3v) is 10.6. The Morgan fingerprint density at radius 2 is 1.00 bits per heavy atom. The zero-order valence-corrected chi connectivity index (χ0v) is 37.8. The molecule has 56 heavy (non-hydrogen) atoms. The highest BCUT2D eigenvalue weighted by atomic mass is 31.2. The Morgan fingerprint density at radius 1 is 0.554 bits per heavy atom. The van der Waals surface area contributed by atoms with Crippen molar-refractivity contribution in [1.82, 2.24) is 0 Å². The molecule has 0 spiro atoms. The smallest absolute Gasteiger partial charge is 0.462 e. The number of hydrogen-bond acceptors (Lipinski definition) is 7. The van der Waals surface area contributed by atoms with Crippen molar-refractivity contribution < 1.29 is 42.1 Å². The molecule has 1 unspecified atom stereocenters. The van der Waals surface area contributed by atoms with Gasteiger partial charge in [0.25, 0.3) is 0 Å². The van der Waals surface area contributed by atoms with E-state index >= 15 is 0 Å². The van der Waals surface area contributed by atoms with Crippen LogP contribution in [-0.2, 0) is 32.7 Å². The molecule has 1 N–H and O–H groups in total. The van der Waals surface area contributed by atoms with E-state index in [0.29, 0.717) is 23.9 Å². The largest absolute Gasteiger partial charge is 0.472 e. The van der Waals surface area contributed by atoms with Gasteiger partial charge in [0.15, 0.2) is 6.10 Å². The summed E-state index contributed by atoms with van der Waals surface area (Å²) in [7, 11) is 1.46. The van der Waals surface area contributed by atoms with E-state index in [2.05, 4.69) is 44.2 Å². The van der Waals surface area contributed by atoms with E-state index in [0.717, 1.165) is 44.9 Å². The number of hydrogen-bond donors (Lipinski definition) is 1. The van der Waals surface area contributed by atoms with Crippen molar-refractivity contribution in [3.05, 3.63) is 36.5 Å². The first-order valence-corrected chi connectivity index (χ1v) is 24.2. The highest BCUT2D eigenvalue weighted by Gasteiger charge is 2.27. The molecule has 328 valence electrons. The first-order valence-electron chi connectivity index (χ1n) is 22.7. The van der Waals surface area contributed by atoms with Crippen LogP contribution in [0.2, 0.25) is 0 Å². The van der Waals surface area contributed by atoms with E-state index in [1.165, 1.54) is 109 Å². The van der Waals surface area contributed by atoms with Crippen LogP contribution in [0.4, 0.5) is 0 Å². The molecule has 9 nitrogen and oxygen atoms in total. The number of likely N-dealkylation sites (N-methyl/N-ethyl adjacent to an activating group) is 1. The molecule has 0 rings (SSSR count). The van der Waals surface area contributed by atoms with Gasteiger partial charge in [-0.15, -0.1) is 0 Å². The molecule has 0 bridgehead atoms. The molecule has 0 aromatic rings. The molecule has 0 aliphatic heterocycles. The first kappa shape index (κ1) is 54.2. The number of phosphoric acid groups is 1. The fourth-order valence-electron chi connectivity index (χ4n) is 6.06. The van der Waals surface area contributed by atoms with Gasteiger partial charge in [-0.2, -0.15) is 0 Å². The lowest BCUT2D eigenvalue weighted by Crippen LogP contribution is -2.37. The third kappa shape index (κ3) is 41.9. The lowest BCUT2D eigenvalue weighted by atomic mass is 10.1. The molecule has 2 atom stereocenters. The second kappa shape index (κ2) is 38.7. The molecule has 0 saturated heterocycles. The number of ether oxygens (including phenoxy) is 2. The van der Waals surface area contributed by atoms with Gasteiger partial charge >= 0.3 is 19.8 Å². The molecule has 0 heterocycles. The van der Waals surface area contributed by atoms with Gasteiger partial charge in [-0.3, -0.25) is 18.6 Å². The number of allylic oxidation sites excluding steroid dienone is 6. The van der Waals surface area contributed by atoms with Crippen molar-refractivity contribution in [3.8, 4) is 0 Å². The topological polar surface area (TPSA) is 108 Å². The fraction of sp³-hybridized carbons (Fsp3) is 0.826. The fourth-order valence-corrected chi connectivity index (χ4v) is 6.80. The molecule has 0 aromatic heterocycles. The number of quaternary nitrogens is 1. The Bertz CT molecular complexity index is 1050. The van der Waals surface area contributed by atoms with Crippen LogP contribution in [0.3, 0.4) is 0 Å². The van der Waals surface area contributed by atoms with Gasteiger partial charge in [-0.25, -0.2) is 4.57 Å². The Labute approximate surface area is 344 Å². The van der Waals surface area contributed by atoms with Crippen molar-refractivity contribution in [2.24, 2.45) is 0 Å². The molecule has 0 aliphatic rings. The van der Waals surface area contributed by atoms with Crippen LogP contribution in [0.5, 0.6) is 0 Å². The predicted octanol–water partition coefficient (Wildman–Crippen LogP) is 12.9. The van der Waals surface area contributed by atoms with Crippen molar-refractivity contribution in [1.29, 1.82) is 0 Å². The maximum Gasteiger partial charge on any atom is 0.472 e.